The number of halogens is 1. The first-order valence-corrected chi connectivity index (χ1v) is 13.5. The van der Waals surface area contributed by atoms with Crippen LogP contribution >= 0.6 is 0 Å². The van der Waals surface area contributed by atoms with Crippen molar-refractivity contribution in [3.63, 3.8) is 0 Å². The van der Waals surface area contributed by atoms with E-state index in [4.69, 9.17) is 4.74 Å². The molecule has 4 aromatic rings. The molecule has 1 aromatic heterocycles. The number of fused-ring (bicyclic) bond motifs is 2. The van der Waals surface area contributed by atoms with Crippen LogP contribution in [0.4, 0.5) is 4.39 Å². The Labute approximate surface area is 222 Å². The maximum absolute atomic E-state index is 12.5. The molecule has 6 nitrogen and oxygen atoms in total. The fourth-order valence-electron chi connectivity index (χ4n) is 5.88. The quantitative estimate of drug-likeness (QED) is 0.340. The van der Waals surface area contributed by atoms with Crippen molar-refractivity contribution in [2.75, 3.05) is 26.3 Å². The van der Waals surface area contributed by atoms with Gasteiger partial charge >= 0.3 is 0 Å². The van der Waals surface area contributed by atoms with E-state index in [1.54, 1.807) is 6.07 Å². The summed E-state index contributed by atoms with van der Waals surface area (Å²) in [6.07, 6.45) is 4.52. The van der Waals surface area contributed by atoms with E-state index in [1.807, 2.05) is 29.9 Å². The zero-order valence-corrected chi connectivity index (χ0v) is 21.7. The number of allylic oxidation sites excluding steroid dienone is 1. The first-order valence-electron chi connectivity index (χ1n) is 13.5. The maximum Gasteiger partial charge on any atom is 0.119 e. The van der Waals surface area contributed by atoms with Crippen LogP contribution in [0.1, 0.15) is 47.9 Å². The van der Waals surface area contributed by atoms with E-state index in [0.29, 0.717) is 12.2 Å². The average Bonchev–Trinajstić information content (AvgIpc) is 3.48. The number of alkyl halides is 1. The summed E-state index contributed by atoms with van der Waals surface area (Å²) in [6.45, 7) is 2.33. The van der Waals surface area contributed by atoms with Gasteiger partial charge in [-0.2, -0.15) is 0 Å². The number of benzene rings is 3. The third-order valence-corrected chi connectivity index (χ3v) is 7.77. The second kappa shape index (κ2) is 10.6. The lowest BCUT2D eigenvalue weighted by molar-refractivity contribution is 0.198. The van der Waals surface area contributed by atoms with Crippen LogP contribution in [0.3, 0.4) is 0 Å². The van der Waals surface area contributed by atoms with Gasteiger partial charge in [-0.3, -0.25) is 9.29 Å². The zero-order chi connectivity index (χ0) is 26.1. The van der Waals surface area contributed by atoms with E-state index >= 15 is 0 Å². The number of hydrogen-bond donors (Lipinski definition) is 1. The summed E-state index contributed by atoms with van der Waals surface area (Å²) in [5.41, 5.74) is 8.98. The van der Waals surface area contributed by atoms with Gasteiger partial charge in [0.2, 0.25) is 0 Å². The van der Waals surface area contributed by atoms with Gasteiger partial charge in [-0.05, 0) is 102 Å². The van der Waals surface area contributed by atoms with Crippen molar-refractivity contribution < 1.29 is 14.2 Å². The van der Waals surface area contributed by atoms with Gasteiger partial charge in [-0.25, -0.2) is 4.68 Å². The van der Waals surface area contributed by atoms with Gasteiger partial charge in [0.25, 0.3) is 0 Å². The molecule has 0 amide bonds. The van der Waals surface area contributed by atoms with Gasteiger partial charge in [0, 0.05) is 26.7 Å². The van der Waals surface area contributed by atoms with E-state index in [1.165, 1.54) is 16.7 Å². The van der Waals surface area contributed by atoms with Crippen LogP contribution in [0.25, 0.3) is 22.2 Å². The van der Waals surface area contributed by atoms with Gasteiger partial charge < -0.3 is 9.84 Å². The molecule has 2 heterocycles. The van der Waals surface area contributed by atoms with Crippen LogP contribution in [-0.4, -0.2) is 57.4 Å². The van der Waals surface area contributed by atoms with Crippen molar-refractivity contribution in [2.45, 2.75) is 38.2 Å². The molecule has 7 heteroatoms. The Morgan fingerprint density at radius 1 is 1.03 bits per heavy atom. The molecule has 3 aromatic carbocycles. The highest BCUT2D eigenvalue weighted by Gasteiger charge is 2.24. The molecule has 1 fully saturated rings. The SMILES string of the molecule is Cn1nnc2ccc(C3=C(c4ccc(O[C@H]5CCN(CCCF)C5)cc4)c4ccc(O)cc4CCC3)cc21. The number of phenols is 1. The predicted octanol–water partition coefficient (Wildman–Crippen LogP) is 5.78. The molecule has 0 radical (unpaired) electrons. The summed E-state index contributed by atoms with van der Waals surface area (Å²) in [6, 6.07) is 20.5. The molecule has 0 saturated carbocycles. The molecule has 38 heavy (non-hydrogen) atoms. The molecular weight excluding hydrogens is 479 g/mol. The fraction of sp³-hybridized carbons (Fsp3) is 0.355. The van der Waals surface area contributed by atoms with Crippen molar-refractivity contribution >= 4 is 22.2 Å². The van der Waals surface area contributed by atoms with E-state index in [2.05, 4.69) is 51.6 Å². The number of aromatic hydroxyl groups is 1. The van der Waals surface area contributed by atoms with Gasteiger partial charge in [0.1, 0.15) is 23.1 Å². The second-order valence-corrected chi connectivity index (χ2v) is 10.4. The van der Waals surface area contributed by atoms with Crippen LogP contribution < -0.4 is 4.74 Å². The molecule has 0 bridgehead atoms. The third kappa shape index (κ3) is 4.90. The van der Waals surface area contributed by atoms with Gasteiger partial charge in [0.15, 0.2) is 0 Å². The zero-order valence-electron chi connectivity index (χ0n) is 21.7. The van der Waals surface area contributed by atoms with E-state index in [0.717, 1.165) is 78.8 Å². The Kier molecular flexibility index (Phi) is 6.85. The molecule has 1 saturated heterocycles. The Balaban J connectivity index is 1.36. The molecule has 6 rings (SSSR count). The summed E-state index contributed by atoms with van der Waals surface area (Å²) in [5, 5.41) is 18.6. The third-order valence-electron chi connectivity index (χ3n) is 7.77. The molecule has 1 aliphatic heterocycles. The van der Waals surface area contributed by atoms with E-state index < -0.39 is 0 Å². The highest BCUT2D eigenvalue weighted by Crippen LogP contribution is 2.41. The largest absolute Gasteiger partial charge is 0.508 e. The first-order chi connectivity index (χ1) is 18.6. The number of ether oxygens (including phenoxy) is 1. The minimum absolute atomic E-state index is 0.135. The summed E-state index contributed by atoms with van der Waals surface area (Å²) in [4.78, 5) is 2.28. The van der Waals surface area contributed by atoms with Gasteiger partial charge in [-0.15, -0.1) is 5.10 Å². The van der Waals surface area contributed by atoms with Crippen molar-refractivity contribution in [3.05, 3.63) is 82.9 Å². The van der Waals surface area contributed by atoms with Crippen molar-refractivity contribution in [2.24, 2.45) is 7.05 Å². The summed E-state index contributed by atoms with van der Waals surface area (Å²) < 4.78 is 20.7. The van der Waals surface area contributed by atoms with Gasteiger partial charge in [-0.1, -0.05) is 29.5 Å². The number of phenolic OH excluding ortho intramolecular Hbond substituents is 1. The van der Waals surface area contributed by atoms with Crippen LogP contribution in [0, 0.1) is 0 Å². The number of aryl methyl sites for hydroxylation is 2. The predicted molar refractivity (Wildman–Crippen MR) is 148 cm³/mol. The topological polar surface area (TPSA) is 63.4 Å². The lowest BCUT2D eigenvalue weighted by Crippen LogP contribution is -2.26. The Bertz CT molecular complexity index is 1480. The van der Waals surface area contributed by atoms with Crippen LogP contribution in [0.2, 0.25) is 0 Å². The van der Waals surface area contributed by atoms with Crippen molar-refractivity contribution in [1.82, 2.24) is 19.9 Å². The summed E-state index contributed by atoms with van der Waals surface area (Å²) in [5.74, 6) is 1.16. The van der Waals surface area contributed by atoms with Crippen LogP contribution in [0.15, 0.2) is 60.7 Å². The summed E-state index contributed by atoms with van der Waals surface area (Å²) >= 11 is 0. The van der Waals surface area contributed by atoms with Gasteiger partial charge in [0.05, 0.1) is 12.2 Å². The van der Waals surface area contributed by atoms with E-state index in [9.17, 15) is 9.50 Å². The van der Waals surface area contributed by atoms with Crippen LogP contribution in [-0.2, 0) is 13.5 Å². The molecule has 196 valence electrons. The highest BCUT2D eigenvalue weighted by atomic mass is 19.1. The van der Waals surface area contributed by atoms with Crippen LogP contribution in [0.5, 0.6) is 11.5 Å². The number of nitrogens with zero attached hydrogens (tertiary/aromatic N) is 4. The molecule has 1 N–H and O–H groups in total. The number of likely N-dealkylation sites (tertiary alicyclic amines) is 1. The molecule has 0 unspecified atom stereocenters. The monoisotopic (exact) mass is 512 g/mol. The molecule has 1 aliphatic carbocycles. The average molecular weight is 513 g/mol. The molecule has 1 atom stereocenters. The summed E-state index contributed by atoms with van der Waals surface area (Å²) in [7, 11) is 1.92. The number of rotatable bonds is 7. The standard InChI is InChI=1S/C31H33FN4O2/c1-35-30-19-23(8-13-29(30)33-34-35)27-5-2-4-22-18-24(37)9-12-28(22)31(27)21-6-10-25(11-7-21)38-26-14-17-36(20-26)16-3-15-32/h6-13,18-19,26,37H,2-5,14-17,20H2,1H3/t26-/m0/s1. The lowest BCUT2D eigenvalue weighted by atomic mass is 9.87. The Hall–Kier alpha value is -3.71. The Morgan fingerprint density at radius 3 is 2.71 bits per heavy atom. The minimum Gasteiger partial charge on any atom is -0.508 e. The Morgan fingerprint density at radius 2 is 1.87 bits per heavy atom. The number of hydrogen-bond acceptors (Lipinski definition) is 5. The smallest absolute Gasteiger partial charge is 0.119 e. The molecule has 2 aliphatic rings. The highest BCUT2D eigenvalue weighted by molar-refractivity contribution is 6.01. The second-order valence-electron chi connectivity index (χ2n) is 10.4. The minimum atomic E-state index is -0.267. The lowest BCUT2D eigenvalue weighted by Gasteiger charge is -2.19. The van der Waals surface area contributed by atoms with Crippen molar-refractivity contribution in [1.29, 1.82) is 0 Å². The molecule has 0 spiro atoms. The maximum atomic E-state index is 12.5. The molecular formula is C31H33FN4O2. The first kappa shape index (κ1) is 24.6. The number of aromatic nitrogens is 3. The van der Waals surface area contributed by atoms with Crippen molar-refractivity contribution in [3.8, 4) is 11.5 Å². The van der Waals surface area contributed by atoms with E-state index in [-0.39, 0.29) is 12.8 Å². The fourth-order valence-corrected chi connectivity index (χ4v) is 5.88. The normalized spacial score (nSPS) is 18.1.